The Morgan fingerprint density at radius 1 is 0.733 bits per heavy atom. The van der Waals surface area contributed by atoms with E-state index in [1.807, 2.05) is 0 Å². The molecule has 30 heavy (non-hydrogen) atoms. The second-order valence-corrected chi connectivity index (χ2v) is 8.67. The fourth-order valence-electron chi connectivity index (χ4n) is 3.67. The molecular weight excluding hydrogens is 380 g/mol. The molecule has 0 bridgehead atoms. The first-order valence-corrected chi connectivity index (χ1v) is 12.6. The molecule has 0 spiro atoms. The first kappa shape index (κ1) is 26.9. The molecule has 0 aromatic rings. The maximum atomic E-state index is 12.6. The third-order valence-corrected chi connectivity index (χ3v) is 5.77. The minimum Gasteiger partial charge on any atom is -0.465 e. The quantitative estimate of drug-likeness (QED) is 0.121. The number of unbranched alkanes of at least 4 members (excludes halogenated alkanes) is 11. The summed E-state index contributed by atoms with van der Waals surface area (Å²) in [6.07, 6.45) is 17.7. The predicted octanol–water partition coefficient (Wildman–Crippen LogP) is 6.37. The molecule has 1 aliphatic rings. The van der Waals surface area contributed by atoms with Crippen LogP contribution in [0.15, 0.2) is 0 Å². The van der Waals surface area contributed by atoms with Gasteiger partial charge in [0.25, 0.3) is 0 Å². The van der Waals surface area contributed by atoms with Crippen LogP contribution >= 0.6 is 0 Å². The van der Waals surface area contributed by atoms with Gasteiger partial charge in [-0.1, -0.05) is 78.1 Å². The van der Waals surface area contributed by atoms with E-state index in [2.05, 4.69) is 13.8 Å². The van der Waals surface area contributed by atoms with Crippen molar-refractivity contribution in [1.82, 2.24) is 0 Å². The largest absolute Gasteiger partial charge is 0.465 e. The van der Waals surface area contributed by atoms with Gasteiger partial charge in [-0.05, 0) is 38.5 Å². The van der Waals surface area contributed by atoms with E-state index in [0.717, 1.165) is 51.4 Å². The van der Waals surface area contributed by atoms with E-state index < -0.39 is 0 Å². The standard InChI is InChI=1S/C25H46O5/c1-3-5-7-9-10-14-18-22(17-13-8-6-4-2)24(26)28-19-15-11-12-16-20-29-25(27)23-21-30-23/h22-23H,3-21H2,1-2H3. The molecule has 1 rings (SSSR count). The summed E-state index contributed by atoms with van der Waals surface area (Å²) in [5.41, 5.74) is 0. The molecule has 0 N–H and O–H groups in total. The normalized spacial score (nSPS) is 16.3. The van der Waals surface area contributed by atoms with Gasteiger partial charge in [-0.2, -0.15) is 0 Å². The summed E-state index contributed by atoms with van der Waals surface area (Å²) in [6, 6.07) is 0. The number of hydrogen-bond acceptors (Lipinski definition) is 5. The van der Waals surface area contributed by atoms with Gasteiger partial charge in [0.05, 0.1) is 25.7 Å². The maximum Gasteiger partial charge on any atom is 0.337 e. The number of carbonyl (C=O) groups is 2. The number of rotatable bonds is 21. The summed E-state index contributed by atoms with van der Waals surface area (Å²) >= 11 is 0. The predicted molar refractivity (Wildman–Crippen MR) is 120 cm³/mol. The molecule has 1 aliphatic heterocycles. The van der Waals surface area contributed by atoms with Crippen LogP contribution in [0.3, 0.4) is 0 Å². The second kappa shape index (κ2) is 18.7. The zero-order chi connectivity index (χ0) is 21.9. The van der Waals surface area contributed by atoms with Gasteiger partial charge in [0.15, 0.2) is 6.10 Å². The number of esters is 2. The SMILES string of the molecule is CCCCCCCCC(CCCCCC)C(=O)OCCCCCCOC(=O)C1CO1. The average molecular weight is 427 g/mol. The molecule has 0 aromatic heterocycles. The van der Waals surface area contributed by atoms with Crippen LogP contribution in [0.4, 0.5) is 0 Å². The Morgan fingerprint density at radius 2 is 1.20 bits per heavy atom. The van der Waals surface area contributed by atoms with E-state index in [1.165, 1.54) is 51.4 Å². The summed E-state index contributed by atoms with van der Waals surface area (Å²) in [4.78, 5) is 23.9. The highest BCUT2D eigenvalue weighted by Crippen LogP contribution is 2.20. The van der Waals surface area contributed by atoms with Gasteiger partial charge in [0.1, 0.15) is 0 Å². The van der Waals surface area contributed by atoms with Gasteiger partial charge in [-0.15, -0.1) is 0 Å². The summed E-state index contributed by atoms with van der Waals surface area (Å²) in [6.45, 7) is 5.92. The second-order valence-electron chi connectivity index (χ2n) is 8.67. The molecule has 1 saturated heterocycles. The lowest BCUT2D eigenvalue weighted by Crippen LogP contribution is -2.18. The molecule has 0 radical (unpaired) electrons. The third kappa shape index (κ3) is 14.8. The Bertz CT molecular complexity index is 433. The van der Waals surface area contributed by atoms with Gasteiger partial charge in [0.2, 0.25) is 0 Å². The number of epoxide rings is 1. The first-order chi connectivity index (χ1) is 14.7. The van der Waals surface area contributed by atoms with Crippen LogP contribution in [0.5, 0.6) is 0 Å². The summed E-state index contributed by atoms with van der Waals surface area (Å²) in [5, 5.41) is 0. The fourth-order valence-corrected chi connectivity index (χ4v) is 3.67. The highest BCUT2D eigenvalue weighted by molar-refractivity contribution is 5.76. The molecule has 1 fully saturated rings. The van der Waals surface area contributed by atoms with Crippen LogP contribution < -0.4 is 0 Å². The van der Waals surface area contributed by atoms with Crippen LogP contribution in [0.2, 0.25) is 0 Å². The number of hydrogen-bond donors (Lipinski definition) is 0. The van der Waals surface area contributed by atoms with Gasteiger partial charge < -0.3 is 14.2 Å². The van der Waals surface area contributed by atoms with E-state index in [-0.39, 0.29) is 24.0 Å². The Kier molecular flexibility index (Phi) is 16.7. The smallest absolute Gasteiger partial charge is 0.337 e. The minimum atomic E-state index is -0.310. The molecule has 0 amide bonds. The topological polar surface area (TPSA) is 65.1 Å². The van der Waals surface area contributed by atoms with Crippen molar-refractivity contribution in [3.8, 4) is 0 Å². The van der Waals surface area contributed by atoms with Crippen LogP contribution in [-0.4, -0.2) is 37.9 Å². The molecule has 2 unspecified atom stereocenters. The molecule has 1 heterocycles. The minimum absolute atomic E-state index is 0.0124. The molecule has 2 atom stereocenters. The van der Waals surface area contributed by atoms with Gasteiger partial charge in [-0.25, -0.2) is 4.79 Å². The first-order valence-electron chi connectivity index (χ1n) is 12.6. The molecule has 0 aromatic carbocycles. The molecule has 0 saturated carbocycles. The van der Waals surface area contributed by atoms with E-state index in [1.54, 1.807) is 0 Å². The lowest BCUT2D eigenvalue weighted by atomic mass is 9.94. The average Bonchev–Trinajstić information content (AvgIpc) is 3.59. The van der Waals surface area contributed by atoms with E-state index in [0.29, 0.717) is 19.8 Å². The van der Waals surface area contributed by atoms with Crippen LogP contribution in [0.1, 0.15) is 117 Å². The maximum absolute atomic E-state index is 12.6. The Hall–Kier alpha value is -1.10. The molecule has 5 nitrogen and oxygen atoms in total. The van der Waals surface area contributed by atoms with Crippen molar-refractivity contribution >= 4 is 11.9 Å². The van der Waals surface area contributed by atoms with Gasteiger partial charge >= 0.3 is 11.9 Å². The van der Waals surface area contributed by atoms with E-state index in [9.17, 15) is 9.59 Å². The van der Waals surface area contributed by atoms with Crippen LogP contribution in [0, 0.1) is 5.92 Å². The van der Waals surface area contributed by atoms with Gasteiger partial charge in [0, 0.05) is 0 Å². The van der Waals surface area contributed by atoms with Crippen molar-refractivity contribution in [3.63, 3.8) is 0 Å². The number of carbonyl (C=O) groups excluding carboxylic acids is 2. The highest BCUT2D eigenvalue weighted by Gasteiger charge is 2.32. The third-order valence-electron chi connectivity index (χ3n) is 5.77. The Balaban J connectivity index is 2.09. The monoisotopic (exact) mass is 426 g/mol. The van der Waals surface area contributed by atoms with E-state index in [4.69, 9.17) is 14.2 Å². The lowest BCUT2D eigenvalue weighted by molar-refractivity contribution is -0.149. The summed E-state index contributed by atoms with van der Waals surface area (Å²) < 4.78 is 15.6. The highest BCUT2D eigenvalue weighted by atomic mass is 16.6. The van der Waals surface area contributed by atoms with Crippen molar-refractivity contribution in [2.75, 3.05) is 19.8 Å². The Labute approximate surface area is 184 Å². The molecule has 0 aliphatic carbocycles. The summed E-state index contributed by atoms with van der Waals surface area (Å²) in [5.74, 6) is -0.144. The lowest BCUT2D eigenvalue weighted by Gasteiger charge is -2.16. The molecular formula is C25H46O5. The zero-order valence-electron chi connectivity index (χ0n) is 19.6. The Morgan fingerprint density at radius 3 is 1.77 bits per heavy atom. The van der Waals surface area contributed by atoms with Crippen molar-refractivity contribution in [3.05, 3.63) is 0 Å². The zero-order valence-corrected chi connectivity index (χ0v) is 19.6. The van der Waals surface area contributed by atoms with Crippen molar-refractivity contribution in [1.29, 1.82) is 0 Å². The van der Waals surface area contributed by atoms with Crippen molar-refractivity contribution in [2.45, 2.75) is 123 Å². The van der Waals surface area contributed by atoms with Crippen molar-refractivity contribution in [2.24, 2.45) is 5.92 Å². The fraction of sp³-hybridized carbons (Fsp3) is 0.920. The molecule has 5 heteroatoms. The van der Waals surface area contributed by atoms with Crippen LogP contribution in [-0.2, 0) is 23.8 Å². The van der Waals surface area contributed by atoms with E-state index >= 15 is 0 Å². The number of ether oxygens (including phenoxy) is 3. The van der Waals surface area contributed by atoms with Crippen LogP contribution in [0.25, 0.3) is 0 Å². The van der Waals surface area contributed by atoms with Gasteiger partial charge in [-0.3, -0.25) is 4.79 Å². The molecule has 176 valence electrons. The summed E-state index contributed by atoms with van der Waals surface area (Å²) in [7, 11) is 0. The van der Waals surface area contributed by atoms with Crippen molar-refractivity contribution < 1.29 is 23.8 Å².